The van der Waals surface area contributed by atoms with E-state index in [2.05, 4.69) is 46.2 Å². The predicted molar refractivity (Wildman–Crippen MR) is 149 cm³/mol. The second-order valence-corrected chi connectivity index (χ2v) is 11.1. The second kappa shape index (κ2) is 15.4. The topological polar surface area (TPSA) is 181 Å². The van der Waals surface area contributed by atoms with Gasteiger partial charge in [0.15, 0.2) is 5.60 Å². The van der Waals surface area contributed by atoms with Crippen LogP contribution in [0.15, 0.2) is 30.3 Å². The molecule has 0 radical (unpaired) electrons. The Morgan fingerprint density at radius 1 is 1.02 bits per heavy atom. The fourth-order valence-electron chi connectivity index (χ4n) is 4.17. The molecule has 1 fully saturated rings. The zero-order valence-electron chi connectivity index (χ0n) is 23.0. The average molecular weight is 579 g/mol. The lowest BCUT2D eigenvalue weighted by molar-refractivity contribution is -0.170. The number of nitrogens with one attached hydrogen (secondary N) is 1. The van der Waals surface area contributed by atoms with Crippen LogP contribution in [0.3, 0.4) is 0 Å². The molecule has 40 heavy (non-hydrogen) atoms. The third kappa shape index (κ3) is 10.6. The third-order valence-electron chi connectivity index (χ3n) is 6.39. The number of carboxylic acids is 3. The van der Waals surface area contributed by atoms with Gasteiger partial charge in [-0.25, -0.2) is 9.78 Å². The van der Waals surface area contributed by atoms with Gasteiger partial charge < -0.3 is 30.6 Å². The first kappa shape index (κ1) is 32.8. The molecule has 13 heteroatoms. The molecule has 220 valence electrons. The van der Waals surface area contributed by atoms with E-state index in [1.165, 1.54) is 0 Å². The highest BCUT2D eigenvalue weighted by atomic mass is 32.1. The Hall–Kier alpha value is -3.39. The molecule has 3 rings (SSSR count). The summed E-state index contributed by atoms with van der Waals surface area (Å²) in [6.07, 6.45) is -0.941. The second-order valence-electron chi connectivity index (χ2n) is 9.80. The minimum Gasteiger partial charge on any atom is -0.481 e. The molecule has 2 heterocycles. The lowest BCUT2D eigenvalue weighted by Gasteiger charge is -2.34. The number of hydrogen-bond donors (Lipinski definition) is 5. The van der Waals surface area contributed by atoms with Gasteiger partial charge in [0, 0.05) is 49.2 Å². The summed E-state index contributed by atoms with van der Waals surface area (Å²) in [4.78, 5) is 53.7. The maximum Gasteiger partial charge on any atom is 0.336 e. The van der Waals surface area contributed by atoms with Crippen molar-refractivity contribution in [2.75, 3.05) is 39.8 Å². The molecule has 1 aromatic carbocycles. The van der Waals surface area contributed by atoms with Crippen molar-refractivity contribution in [2.24, 2.45) is 0 Å². The summed E-state index contributed by atoms with van der Waals surface area (Å²) in [5, 5.41) is 38.1. The molecule has 12 nitrogen and oxygen atoms in total. The highest BCUT2D eigenvalue weighted by molar-refractivity contribution is 7.12. The van der Waals surface area contributed by atoms with Crippen molar-refractivity contribution in [1.82, 2.24) is 20.1 Å². The van der Waals surface area contributed by atoms with Gasteiger partial charge in [-0.1, -0.05) is 37.3 Å². The van der Waals surface area contributed by atoms with Crippen molar-refractivity contribution < 1.29 is 39.6 Å². The number of benzene rings is 1. The van der Waals surface area contributed by atoms with Crippen LogP contribution in [0.1, 0.15) is 36.1 Å². The van der Waals surface area contributed by atoms with Crippen molar-refractivity contribution in [1.29, 1.82) is 0 Å². The fourth-order valence-corrected chi connectivity index (χ4v) is 5.13. The van der Waals surface area contributed by atoms with E-state index in [1.54, 1.807) is 11.3 Å². The summed E-state index contributed by atoms with van der Waals surface area (Å²) in [6.45, 7) is 9.44. The minimum atomic E-state index is -2.74. The van der Waals surface area contributed by atoms with E-state index in [0.717, 1.165) is 60.3 Å². The first-order valence-corrected chi connectivity index (χ1v) is 13.8. The molecule has 1 aliphatic heterocycles. The van der Waals surface area contributed by atoms with Gasteiger partial charge in [-0.15, -0.1) is 11.3 Å². The fraction of sp³-hybridized carbons (Fsp3) is 0.519. The van der Waals surface area contributed by atoms with Gasteiger partial charge in [0.25, 0.3) is 0 Å². The van der Waals surface area contributed by atoms with Crippen LogP contribution in [0.25, 0.3) is 11.3 Å². The Kier molecular flexibility index (Phi) is 12.6. The Morgan fingerprint density at radius 3 is 2.10 bits per heavy atom. The van der Waals surface area contributed by atoms with Crippen LogP contribution in [0, 0.1) is 6.92 Å². The quantitative estimate of drug-likeness (QED) is 0.247. The van der Waals surface area contributed by atoms with Gasteiger partial charge >= 0.3 is 17.9 Å². The molecule has 1 aliphatic rings. The highest BCUT2D eigenvalue weighted by Gasteiger charge is 2.40. The van der Waals surface area contributed by atoms with Crippen molar-refractivity contribution in [3.63, 3.8) is 0 Å². The highest BCUT2D eigenvalue weighted by Crippen LogP contribution is 2.28. The largest absolute Gasteiger partial charge is 0.481 e. The third-order valence-corrected chi connectivity index (χ3v) is 7.36. The maximum atomic E-state index is 12.7. The molecule has 1 unspecified atom stereocenters. The zero-order valence-corrected chi connectivity index (χ0v) is 23.8. The number of aliphatic carboxylic acids is 3. The number of carbonyl (C=O) groups excluding carboxylic acids is 1. The van der Waals surface area contributed by atoms with Gasteiger partial charge in [0.1, 0.15) is 0 Å². The number of rotatable bonds is 12. The number of nitrogens with zero attached hydrogens (tertiary/aromatic N) is 3. The molecular weight excluding hydrogens is 540 g/mol. The van der Waals surface area contributed by atoms with Crippen LogP contribution in [0.5, 0.6) is 0 Å². The van der Waals surface area contributed by atoms with E-state index < -0.39 is 36.4 Å². The van der Waals surface area contributed by atoms with Gasteiger partial charge in [0.2, 0.25) is 5.91 Å². The molecular formula is C27H38N4O8S. The van der Waals surface area contributed by atoms with Crippen LogP contribution in [-0.4, -0.2) is 110 Å². The Labute approximate surface area is 237 Å². The smallest absolute Gasteiger partial charge is 0.336 e. The number of aromatic nitrogens is 1. The van der Waals surface area contributed by atoms with Crippen LogP contribution in [0.2, 0.25) is 0 Å². The molecule has 1 atom stereocenters. The summed E-state index contributed by atoms with van der Waals surface area (Å²) in [6, 6.07) is 10.3. The number of likely N-dealkylation sites (N-methyl/N-ethyl adjacent to an activating group) is 1. The number of amides is 1. The van der Waals surface area contributed by atoms with Crippen LogP contribution < -0.4 is 5.32 Å². The molecule has 1 amide bonds. The van der Waals surface area contributed by atoms with E-state index in [4.69, 9.17) is 20.4 Å². The average Bonchev–Trinajstić information content (AvgIpc) is 3.24. The molecule has 0 spiro atoms. The maximum absolute atomic E-state index is 12.7. The predicted octanol–water partition coefficient (Wildman–Crippen LogP) is 1.55. The number of thiazole rings is 1. The molecule has 1 saturated heterocycles. The first-order valence-electron chi connectivity index (χ1n) is 12.9. The zero-order chi connectivity index (χ0) is 29.9. The van der Waals surface area contributed by atoms with Crippen molar-refractivity contribution in [3.8, 4) is 11.3 Å². The van der Waals surface area contributed by atoms with Gasteiger partial charge in [-0.3, -0.25) is 19.3 Å². The summed E-state index contributed by atoms with van der Waals surface area (Å²) in [7, 11) is 2.16. The number of aryl methyl sites for hydroxylation is 1. The normalized spacial score (nSPS) is 15.0. The summed E-state index contributed by atoms with van der Waals surface area (Å²) >= 11 is 1.62. The van der Waals surface area contributed by atoms with Crippen LogP contribution in [-0.2, 0) is 25.6 Å². The SMILES string of the molecule is CCC(CN1CCN(C)CC1)NC(=O)Cc1sc(C)nc1-c1ccccc1.O=C(O)CC(O)(CC(=O)O)C(=O)O. The molecule has 1 aromatic heterocycles. The Bertz CT molecular complexity index is 1130. The van der Waals surface area contributed by atoms with Gasteiger partial charge in [-0.2, -0.15) is 0 Å². The van der Waals surface area contributed by atoms with Crippen molar-refractivity contribution >= 4 is 35.2 Å². The standard InChI is InChI=1S/C21H30N4OS.C6H8O7/c1-4-18(15-25-12-10-24(3)11-13-25)23-20(26)14-19-21(22-16(2)27-19)17-8-6-5-7-9-17;7-3(8)1-6(13,5(11)12)2-4(9)10/h5-9,18H,4,10-15H2,1-3H3,(H,23,26);13H,1-2H2,(H,7,8)(H,9,10)(H,11,12). The Balaban J connectivity index is 0.000000366. The molecule has 0 saturated carbocycles. The number of aliphatic hydroxyl groups is 1. The van der Waals surface area contributed by atoms with E-state index in [0.29, 0.717) is 6.42 Å². The molecule has 0 aliphatic carbocycles. The summed E-state index contributed by atoms with van der Waals surface area (Å²) in [5.41, 5.74) is -0.716. The first-order chi connectivity index (χ1) is 18.8. The Morgan fingerprint density at radius 2 is 1.60 bits per heavy atom. The molecule has 0 bridgehead atoms. The van der Waals surface area contributed by atoms with Crippen LogP contribution >= 0.6 is 11.3 Å². The molecule has 2 aromatic rings. The van der Waals surface area contributed by atoms with Crippen molar-refractivity contribution in [3.05, 3.63) is 40.2 Å². The number of hydrogen-bond acceptors (Lipinski definition) is 9. The lowest BCUT2D eigenvalue weighted by atomic mass is 9.96. The van der Waals surface area contributed by atoms with E-state index >= 15 is 0 Å². The number of carboxylic acid groups (broad SMARTS) is 3. The van der Waals surface area contributed by atoms with E-state index in [1.807, 2.05) is 25.1 Å². The number of piperazine rings is 1. The summed E-state index contributed by atoms with van der Waals surface area (Å²) in [5.74, 6) is -4.92. The monoisotopic (exact) mass is 578 g/mol. The van der Waals surface area contributed by atoms with Gasteiger partial charge in [0.05, 0.1) is 30.0 Å². The van der Waals surface area contributed by atoms with Crippen molar-refractivity contribution in [2.45, 2.75) is 51.2 Å². The van der Waals surface area contributed by atoms with E-state index in [-0.39, 0.29) is 11.9 Å². The van der Waals surface area contributed by atoms with Crippen LogP contribution in [0.4, 0.5) is 0 Å². The summed E-state index contributed by atoms with van der Waals surface area (Å²) < 4.78 is 0. The minimum absolute atomic E-state index is 0.0943. The lowest BCUT2D eigenvalue weighted by Crippen LogP contribution is -2.50. The van der Waals surface area contributed by atoms with E-state index in [9.17, 15) is 19.2 Å². The van der Waals surface area contributed by atoms with Gasteiger partial charge in [-0.05, 0) is 20.4 Å². The molecule has 5 N–H and O–H groups in total. The number of carbonyl (C=O) groups is 4.